The van der Waals surface area contributed by atoms with Gasteiger partial charge in [-0.2, -0.15) is 9.61 Å². The molecule has 5 rings (SSSR count). The van der Waals surface area contributed by atoms with E-state index in [1.807, 2.05) is 31.2 Å². The minimum Gasteiger partial charge on any atom is -0.244 e. The Balaban J connectivity index is 1.75. The van der Waals surface area contributed by atoms with Gasteiger partial charge in [-0.05, 0) is 59.5 Å². The number of hydrogen-bond donors (Lipinski definition) is 0. The third-order valence-corrected chi connectivity index (χ3v) is 5.93. The lowest BCUT2D eigenvalue weighted by molar-refractivity contribution is 0.634. The van der Waals surface area contributed by atoms with E-state index in [0.717, 1.165) is 27.8 Å². The summed E-state index contributed by atoms with van der Waals surface area (Å²) < 4.78 is 2.60. The molecular weight excluding hydrogens is 483 g/mol. The number of rotatable bonds is 4. The van der Waals surface area contributed by atoms with Gasteiger partial charge in [-0.15, -0.1) is 5.10 Å². The lowest BCUT2D eigenvalue weighted by atomic mass is 9.97. The Bertz CT molecular complexity index is 1540. The highest BCUT2D eigenvalue weighted by Crippen LogP contribution is 2.35. The molecule has 3 heterocycles. The van der Waals surface area contributed by atoms with Crippen molar-refractivity contribution in [3.05, 3.63) is 98.0 Å². The highest BCUT2D eigenvalue weighted by molar-refractivity contribution is 6.31. The SMILES string of the molecule is Cc1cnc(Cl)nc1Cn1nc2c(-c3ccc(Cl)cc3)c(-c3ccc(Cl)cc3)cnn2c1=O. The smallest absolute Gasteiger partial charge is 0.244 e. The first-order valence-corrected chi connectivity index (χ1v) is 11.0. The van der Waals surface area contributed by atoms with E-state index >= 15 is 0 Å². The highest BCUT2D eigenvalue weighted by Gasteiger charge is 2.19. The molecule has 7 nitrogen and oxygen atoms in total. The topological polar surface area (TPSA) is 78.0 Å². The highest BCUT2D eigenvalue weighted by atomic mass is 35.5. The number of benzene rings is 2. The van der Waals surface area contributed by atoms with Crippen LogP contribution >= 0.6 is 34.8 Å². The Morgan fingerprint density at radius 2 is 1.52 bits per heavy atom. The van der Waals surface area contributed by atoms with Gasteiger partial charge in [-0.25, -0.2) is 19.4 Å². The fraction of sp³-hybridized carbons (Fsp3) is 0.0870. The summed E-state index contributed by atoms with van der Waals surface area (Å²) in [5, 5.41) is 10.4. The second-order valence-corrected chi connectivity index (χ2v) is 8.60. The number of fused-ring (bicyclic) bond motifs is 1. The zero-order valence-corrected chi connectivity index (χ0v) is 19.5. The van der Waals surface area contributed by atoms with Crippen molar-refractivity contribution in [3.8, 4) is 22.3 Å². The van der Waals surface area contributed by atoms with Gasteiger partial charge in [0.05, 0.1) is 18.4 Å². The van der Waals surface area contributed by atoms with Gasteiger partial charge < -0.3 is 0 Å². The number of aryl methyl sites for hydroxylation is 1. The van der Waals surface area contributed by atoms with Crippen LogP contribution in [0.1, 0.15) is 11.3 Å². The third-order valence-electron chi connectivity index (χ3n) is 5.25. The molecule has 0 saturated carbocycles. The lowest BCUT2D eigenvalue weighted by Crippen LogP contribution is -2.23. The first kappa shape index (κ1) is 21.6. The largest absolute Gasteiger partial charge is 0.367 e. The van der Waals surface area contributed by atoms with Crippen LogP contribution in [0.15, 0.2) is 65.7 Å². The minimum absolute atomic E-state index is 0.109. The summed E-state index contributed by atoms with van der Waals surface area (Å²) in [6, 6.07) is 14.8. The molecule has 0 unspecified atom stereocenters. The van der Waals surface area contributed by atoms with Gasteiger partial charge in [0.25, 0.3) is 0 Å². The Kier molecular flexibility index (Phi) is 5.62. The molecule has 0 atom stereocenters. The summed E-state index contributed by atoms with van der Waals surface area (Å²) in [6.07, 6.45) is 3.27. The summed E-state index contributed by atoms with van der Waals surface area (Å²) >= 11 is 18.1. The van der Waals surface area contributed by atoms with Crippen LogP contribution in [0.25, 0.3) is 27.9 Å². The van der Waals surface area contributed by atoms with Crippen molar-refractivity contribution in [2.45, 2.75) is 13.5 Å². The summed E-state index contributed by atoms with van der Waals surface area (Å²) in [5.74, 6) is 0. The average molecular weight is 498 g/mol. The predicted molar refractivity (Wildman–Crippen MR) is 129 cm³/mol. The second kappa shape index (κ2) is 8.59. The molecule has 3 aromatic heterocycles. The summed E-state index contributed by atoms with van der Waals surface area (Å²) in [5.41, 5.74) is 4.71. The Labute approximate surface area is 203 Å². The van der Waals surface area contributed by atoms with Crippen LogP contribution in [-0.4, -0.2) is 29.4 Å². The van der Waals surface area contributed by atoms with Crippen LogP contribution < -0.4 is 5.69 Å². The molecule has 0 saturated heterocycles. The molecule has 5 aromatic rings. The molecule has 0 N–H and O–H groups in total. The molecule has 0 radical (unpaired) electrons. The van der Waals surface area contributed by atoms with E-state index in [1.165, 1.54) is 9.20 Å². The van der Waals surface area contributed by atoms with Crippen LogP contribution in [0.4, 0.5) is 0 Å². The van der Waals surface area contributed by atoms with Crippen molar-refractivity contribution < 1.29 is 0 Å². The van der Waals surface area contributed by atoms with Crippen LogP contribution in [0.5, 0.6) is 0 Å². The van der Waals surface area contributed by atoms with Crippen molar-refractivity contribution in [1.29, 1.82) is 0 Å². The van der Waals surface area contributed by atoms with Crippen molar-refractivity contribution in [2.24, 2.45) is 0 Å². The van der Waals surface area contributed by atoms with E-state index in [9.17, 15) is 4.79 Å². The number of halogens is 3. The molecule has 0 fully saturated rings. The molecular formula is C23H15Cl3N6O. The fourth-order valence-corrected chi connectivity index (χ4v) is 3.97. The predicted octanol–water partition coefficient (Wildman–Crippen LogP) is 5.33. The lowest BCUT2D eigenvalue weighted by Gasteiger charge is -2.11. The molecule has 33 heavy (non-hydrogen) atoms. The van der Waals surface area contributed by atoms with E-state index in [4.69, 9.17) is 34.8 Å². The summed E-state index contributed by atoms with van der Waals surface area (Å²) in [4.78, 5) is 21.4. The monoisotopic (exact) mass is 496 g/mol. The number of aromatic nitrogens is 6. The Hall–Kier alpha value is -3.26. The summed E-state index contributed by atoms with van der Waals surface area (Å²) in [7, 11) is 0. The third kappa shape index (κ3) is 4.11. The quantitative estimate of drug-likeness (QED) is 0.314. The second-order valence-electron chi connectivity index (χ2n) is 7.39. The molecule has 0 aliphatic heterocycles. The summed E-state index contributed by atoms with van der Waals surface area (Å²) in [6.45, 7) is 1.98. The molecule has 2 aromatic carbocycles. The Morgan fingerprint density at radius 3 is 2.18 bits per heavy atom. The van der Waals surface area contributed by atoms with Gasteiger partial charge in [0.1, 0.15) is 0 Å². The van der Waals surface area contributed by atoms with Crippen LogP contribution in [0.3, 0.4) is 0 Å². The van der Waals surface area contributed by atoms with Gasteiger partial charge in [-0.3, -0.25) is 0 Å². The zero-order chi connectivity index (χ0) is 23.1. The van der Waals surface area contributed by atoms with Gasteiger partial charge in [-0.1, -0.05) is 47.5 Å². The van der Waals surface area contributed by atoms with Crippen molar-refractivity contribution >= 4 is 40.4 Å². The van der Waals surface area contributed by atoms with Crippen LogP contribution in [-0.2, 0) is 6.54 Å². The molecule has 0 aliphatic carbocycles. The number of nitrogens with zero attached hydrogens (tertiary/aromatic N) is 6. The molecule has 164 valence electrons. The van der Waals surface area contributed by atoms with Crippen molar-refractivity contribution in [1.82, 2.24) is 29.4 Å². The van der Waals surface area contributed by atoms with Gasteiger partial charge in [0.2, 0.25) is 5.28 Å². The van der Waals surface area contributed by atoms with E-state index < -0.39 is 5.69 Å². The normalized spacial score (nSPS) is 11.3. The van der Waals surface area contributed by atoms with E-state index in [1.54, 1.807) is 36.7 Å². The average Bonchev–Trinajstić information content (AvgIpc) is 3.12. The first-order valence-electron chi connectivity index (χ1n) is 9.89. The maximum Gasteiger partial charge on any atom is 0.367 e. The van der Waals surface area contributed by atoms with Gasteiger partial charge >= 0.3 is 5.69 Å². The molecule has 10 heteroatoms. The van der Waals surface area contributed by atoms with E-state index in [0.29, 0.717) is 21.4 Å². The fourth-order valence-electron chi connectivity index (χ4n) is 3.57. The molecule has 0 aliphatic rings. The van der Waals surface area contributed by atoms with Gasteiger partial charge in [0.15, 0.2) is 5.65 Å². The molecule has 0 spiro atoms. The minimum atomic E-state index is -0.392. The van der Waals surface area contributed by atoms with Crippen molar-refractivity contribution in [2.75, 3.05) is 0 Å². The van der Waals surface area contributed by atoms with Crippen LogP contribution in [0, 0.1) is 6.92 Å². The van der Waals surface area contributed by atoms with E-state index in [2.05, 4.69) is 20.2 Å². The number of hydrogen-bond acceptors (Lipinski definition) is 5. The standard InChI is InChI=1S/C23H15Cl3N6O/c1-13-10-27-22(26)29-19(13)12-31-23(33)32-21(30-31)20(15-4-8-17(25)9-5-15)18(11-28-32)14-2-6-16(24)7-3-14/h2-11H,12H2,1H3. The Morgan fingerprint density at radius 1 is 0.879 bits per heavy atom. The van der Waals surface area contributed by atoms with Crippen LogP contribution in [0.2, 0.25) is 15.3 Å². The zero-order valence-electron chi connectivity index (χ0n) is 17.2. The van der Waals surface area contributed by atoms with E-state index in [-0.39, 0.29) is 11.8 Å². The molecule has 0 amide bonds. The van der Waals surface area contributed by atoms with Crippen molar-refractivity contribution in [3.63, 3.8) is 0 Å². The first-order chi connectivity index (χ1) is 15.9. The maximum absolute atomic E-state index is 13.1. The van der Waals surface area contributed by atoms with Gasteiger partial charge in [0, 0.05) is 27.4 Å². The maximum atomic E-state index is 13.1. The molecule has 0 bridgehead atoms.